The summed E-state index contributed by atoms with van der Waals surface area (Å²) in [5.74, 6) is -0.374. The molecule has 1 fully saturated rings. The van der Waals surface area contributed by atoms with Gasteiger partial charge >= 0.3 is 5.97 Å². The molecule has 1 aromatic rings. The molecular weight excluding hydrogens is 278 g/mol. The van der Waals surface area contributed by atoms with Crippen molar-refractivity contribution >= 4 is 16.0 Å². The molecule has 0 radical (unpaired) electrons. The van der Waals surface area contributed by atoms with Crippen LogP contribution in [0.3, 0.4) is 0 Å². The van der Waals surface area contributed by atoms with Gasteiger partial charge in [-0.2, -0.15) is 4.31 Å². The molecule has 0 N–H and O–H groups in total. The average molecular weight is 297 g/mol. The maximum absolute atomic E-state index is 12.6. The zero-order valence-electron chi connectivity index (χ0n) is 11.7. The van der Waals surface area contributed by atoms with Gasteiger partial charge in [0.15, 0.2) is 0 Å². The number of ether oxygens (including phenoxy) is 1. The van der Waals surface area contributed by atoms with E-state index in [1.807, 2.05) is 6.92 Å². The van der Waals surface area contributed by atoms with E-state index in [9.17, 15) is 13.2 Å². The van der Waals surface area contributed by atoms with Crippen molar-refractivity contribution in [2.75, 3.05) is 13.7 Å². The van der Waals surface area contributed by atoms with Crippen molar-refractivity contribution in [2.45, 2.75) is 37.1 Å². The van der Waals surface area contributed by atoms with Gasteiger partial charge in [0, 0.05) is 12.6 Å². The van der Waals surface area contributed by atoms with E-state index >= 15 is 0 Å². The lowest BCUT2D eigenvalue weighted by Gasteiger charge is -2.23. The molecular formula is C14H19NO4S. The minimum absolute atomic E-state index is 0.113. The molecule has 20 heavy (non-hydrogen) atoms. The Morgan fingerprint density at radius 3 is 2.60 bits per heavy atom. The molecule has 5 nitrogen and oxygen atoms in total. The number of carbonyl (C=O) groups is 1. The van der Waals surface area contributed by atoms with Gasteiger partial charge in [-0.1, -0.05) is 17.7 Å². The van der Waals surface area contributed by atoms with Crippen molar-refractivity contribution in [3.05, 3.63) is 29.8 Å². The van der Waals surface area contributed by atoms with Crippen molar-refractivity contribution in [1.29, 1.82) is 0 Å². The van der Waals surface area contributed by atoms with E-state index in [-0.39, 0.29) is 23.3 Å². The van der Waals surface area contributed by atoms with Crippen LogP contribution in [0.15, 0.2) is 29.2 Å². The van der Waals surface area contributed by atoms with Gasteiger partial charge in [-0.25, -0.2) is 8.42 Å². The average Bonchev–Trinajstić information content (AvgIpc) is 2.88. The number of sulfonamides is 1. The molecule has 1 saturated heterocycles. The van der Waals surface area contributed by atoms with Crippen LogP contribution >= 0.6 is 0 Å². The number of esters is 1. The van der Waals surface area contributed by atoms with E-state index in [1.54, 1.807) is 24.3 Å². The minimum atomic E-state index is -3.53. The Kier molecular flexibility index (Phi) is 4.45. The number of aryl methyl sites for hydroxylation is 1. The summed E-state index contributed by atoms with van der Waals surface area (Å²) in [6, 6.07) is 6.47. The highest BCUT2D eigenvalue weighted by Gasteiger charge is 2.36. The van der Waals surface area contributed by atoms with E-state index in [0.29, 0.717) is 13.0 Å². The molecule has 1 aliphatic heterocycles. The number of nitrogens with zero attached hydrogens (tertiary/aromatic N) is 1. The summed E-state index contributed by atoms with van der Waals surface area (Å²) in [5.41, 5.74) is 1.01. The molecule has 110 valence electrons. The molecule has 0 aliphatic carbocycles. The first kappa shape index (κ1) is 15.0. The summed E-state index contributed by atoms with van der Waals surface area (Å²) in [6.07, 6.45) is 1.58. The van der Waals surface area contributed by atoms with E-state index in [2.05, 4.69) is 4.74 Å². The lowest BCUT2D eigenvalue weighted by atomic mass is 10.2. The molecule has 0 aromatic heterocycles. The fourth-order valence-electron chi connectivity index (χ4n) is 2.45. The smallest absolute Gasteiger partial charge is 0.307 e. The molecule has 1 unspecified atom stereocenters. The third kappa shape index (κ3) is 3.02. The highest BCUT2D eigenvalue weighted by Crippen LogP contribution is 2.28. The van der Waals surface area contributed by atoms with E-state index in [0.717, 1.165) is 12.0 Å². The van der Waals surface area contributed by atoms with Crippen molar-refractivity contribution in [3.63, 3.8) is 0 Å². The first-order chi connectivity index (χ1) is 9.45. The van der Waals surface area contributed by atoms with Crippen LogP contribution in [0.1, 0.15) is 24.8 Å². The Morgan fingerprint density at radius 2 is 2.00 bits per heavy atom. The molecule has 1 atom stereocenters. The summed E-state index contributed by atoms with van der Waals surface area (Å²) in [4.78, 5) is 11.7. The highest BCUT2D eigenvalue weighted by atomic mass is 32.2. The zero-order chi connectivity index (χ0) is 14.8. The molecule has 2 rings (SSSR count). The van der Waals surface area contributed by atoms with E-state index in [4.69, 9.17) is 0 Å². The Labute approximate surface area is 119 Å². The predicted molar refractivity (Wildman–Crippen MR) is 74.7 cm³/mol. The third-order valence-electron chi connectivity index (χ3n) is 3.58. The van der Waals surface area contributed by atoms with Crippen molar-refractivity contribution < 1.29 is 17.9 Å². The number of hydrogen-bond donors (Lipinski definition) is 0. The second kappa shape index (κ2) is 5.93. The van der Waals surface area contributed by atoms with Crippen molar-refractivity contribution in [3.8, 4) is 0 Å². The number of hydrogen-bond acceptors (Lipinski definition) is 4. The Balaban J connectivity index is 2.24. The summed E-state index contributed by atoms with van der Waals surface area (Å²) in [5, 5.41) is 0. The van der Waals surface area contributed by atoms with Gasteiger partial charge in [-0.05, 0) is 31.9 Å². The van der Waals surface area contributed by atoms with Crippen LogP contribution < -0.4 is 0 Å². The van der Waals surface area contributed by atoms with Crippen LogP contribution in [0.2, 0.25) is 0 Å². The Morgan fingerprint density at radius 1 is 1.35 bits per heavy atom. The van der Waals surface area contributed by atoms with Gasteiger partial charge in [0.25, 0.3) is 0 Å². The van der Waals surface area contributed by atoms with Crippen LogP contribution in [-0.4, -0.2) is 38.4 Å². The quantitative estimate of drug-likeness (QED) is 0.794. The van der Waals surface area contributed by atoms with E-state index in [1.165, 1.54) is 11.4 Å². The van der Waals surface area contributed by atoms with Crippen LogP contribution in [0.5, 0.6) is 0 Å². The first-order valence-corrected chi connectivity index (χ1v) is 8.04. The molecule has 1 heterocycles. The second-order valence-electron chi connectivity index (χ2n) is 5.01. The number of benzene rings is 1. The van der Waals surface area contributed by atoms with Gasteiger partial charge in [0.2, 0.25) is 10.0 Å². The molecule has 1 aliphatic rings. The minimum Gasteiger partial charge on any atom is -0.469 e. The van der Waals surface area contributed by atoms with Crippen LogP contribution in [0.4, 0.5) is 0 Å². The molecule has 6 heteroatoms. The maximum Gasteiger partial charge on any atom is 0.307 e. The molecule has 0 spiro atoms. The predicted octanol–water partition coefficient (Wildman–Crippen LogP) is 1.71. The van der Waals surface area contributed by atoms with Gasteiger partial charge in [0.05, 0.1) is 18.4 Å². The Bertz CT molecular complexity index is 580. The SMILES string of the molecule is COC(=O)CC1CCCN1S(=O)(=O)c1ccc(C)cc1. The topological polar surface area (TPSA) is 63.7 Å². The molecule has 1 aromatic carbocycles. The lowest BCUT2D eigenvalue weighted by Crippen LogP contribution is -2.37. The van der Waals surface area contributed by atoms with Crippen molar-refractivity contribution in [2.24, 2.45) is 0 Å². The molecule has 0 saturated carbocycles. The third-order valence-corrected chi connectivity index (χ3v) is 5.55. The second-order valence-corrected chi connectivity index (χ2v) is 6.90. The van der Waals surface area contributed by atoms with Crippen LogP contribution in [0, 0.1) is 6.92 Å². The van der Waals surface area contributed by atoms with Crippen LogP contribution in [-0.2, 0) is 19.6 Å². The fourth-order valence-corrected chi connectivity index (χ4v) is 4.14. The van der Waals surface area contributed by atoms with Gasteiger partial charge in [-0.15, -0.1) is 0 Å². The number of carbonyl (C=O) groups excluding carboxylic acids is 1. The highest BCUT2D eigenvalue weighted by molar-refractivity contribution is 7.89. The number of methoxy groups -OCH3 is 1. The first-order valence-electron chi connectivity index (χ1n) is 6.60. The lowest BCUT2D eigenvalue weighted by molar-refractivity contribution is -0.141. The normalized spacial score (nSPS) is 20.0. The molecule has 0 bridgehead atoms. The van der Waals surface area contributed by atoms with Gasteiger partial charge in [-0.3, -0.25) is 4.79 Å². The standard InChI is InChI=1S/C14H19NO4S/c1-11-5-7-13(8-6-11)20(17,18)15-9-3-4-12(15)10-14(16)19-2/h5-8,12H,3-4,9-10H2,1-2H3. The van der Waals surface area contributed by atoms with Gasteiger partial charge in [0.1, 0.15) is 0 Å². The van der Waals surface area contributed by atoms with Crippen LogP contribution in [0.25, 0.3) is 0 Å². The maximum atomic E-state index is 12.6. The number of rotatable bonds is 4. The van der Waals surface area contributed by atoms with Crippen molar-refractivity contribution in [1.82, 2.24) is 4.31 Å². The largest absolute Gasteiger partial charge is 0.469 e. The van der Waals surface area contributed by atoms with E-state index < -0.39 is 10.0 Å². The fraction of sp³-hybridized carbons (Fsp3) is 0.500. The summed E-state index contributed by atoms with van der Waals surface area (Å²) in [6.45, 7) is 2.37. The summed E-state index contributed by atoms with van der Waals surface area (Å²) >= 11 is 0. The summed E-state index contributed by atoms with van der Waals surface area (Å²) < 4.78 is 31.3. The van der Waals surface area contributed by atoms with Gasteiger partial charge < -0.3 is 4.74 Å². The zero-order valence-corrected chi connectivity index (χ0v) is 12.5. The summed E-state index contributed by atoms with van der Waals surface area (Å²) in [7, 11) is -2.22. The monoisotopic (exact) mass is 297 g/mol. The molecule has 0 amide bonds. The Hall–Kier alpha value is -1.40.